The van der Waals surface area contributed by atoms with Crippen LogP contribution in [0.15, 0.2) is 30.3 Å². The Labute approximate surface area is 206 Å². The predicted molar refractivity (Wildman–Crippen MR) is 142 cm³/mol. The normalized spacial score (nSPS) is 13.2. The molecule has 186 valence electrons. The fourth-order valence-corrected chi connectivity index (χ4v) is 10.7. The standard InChI is InChI=1S/C22H35NO6P2S2/c1-14(2)26-30(24,27-15(3)4)22(31(25,28-16(5)6)29-17(7)8)21(32)23-20-13-18-11-9-10-12-19(18)33-20/h9-17,22H,1-8H3,(H,23,32). The third-order valence-corrected chi connectivity index (χ3v) is 11.9. The van der Waals surface area contributed by atoms with Crippen molar-refractivity contribution in [2.24, 2.45) is 0 Å². The maximum absolute atomic E-state index is 14.2. The zero-order valence-electron chi connectivity index (χ0n) is 20.4. The average molecular weight is 536 g/mol. The lowest BCUT2D eigenvalue weighted by Gasteiger charge is -2.35. The van der Waals surface area contributed by atoms with E-state index >= 15 is 0 Å². The van der Waals surface area contributed by atoms with Gasteiger partial charge in [-0.25, -0.2) is 0 Å². The van der Waals surface area contributed by atoms with Gasteiger partial charge in [-0.2, -0.15) is 0 Å². The van der Waals surface area contributed by atoms with Gasteiger partial charge < -0.3 is 23.4 Å². The molecule has 11 heteroatoms. The molecular weight excluding hydrogens is 500 g/mol. The van der Waals surface area contributed by atoms with Gasteiger partial charge in [-0.3, -0.25) is 9.13 Å². The van der Waals surface area contributed by atoms with Crippen LogP contribution in [0.4, 0.5) is 5.00 Å². The second-order valence-electron chi connectivity index (χ2n) is 8.71. The molecular formula is C22H35NO6P2S2. The van der Waals surface area contributed by atoms with E-state index in [0.717, 1.165) is 10.1 Å². The highest BCUT2D eigenvalue weighted by atomic mass is 32.1. The number of fused-ring (bicyclic) bond motifs is 1. The molecule has 0 saturated carbocycles. The smallest absolute Gasteiger partial charge is 0.340 e. The van der Waals surface area contributed by atoms with E-state index in [1.54, 1.807) is 55.4 Å². The van der Waals surface area contributed by atoms with E-state index in [4.69, 9.17) is 30.3 Å². The third-order valence-electron chi connectivity index (χ3n) is 3.94. The minimum Gasteiger partial charge on any atom is -0.340 e. The van der Waals surface area contributed by atoms with Crippen LogP contribution in [0.3, 0.4) is 0 Å². The lowest BCUT2D eigenvalue weighted by Crippen LogP contribution is -2.32. The van der Waals surface area contributed by atoms with Crippen LogP contribution in [0.5, 0.6) is 0 Å². The number of rotatable bonds is 12. The fraction of sp³-hybridized carbons (Fsp3) is 0.591. The zero-order chi connectivity index (χ0) is 25.0. The van der Waals surface area contributed by atoms with Crippen LogP contribution in [0.1, 0.15) is 55.4 Å². The number of thiophene rings is 1. The summed E-state index contributed by atoms with van der Waals surface area (Å²) in [5, 5.41) is 3.42. The quantitative estimate of drug-likeness (QED) is 0.216. The SMILES string of the molecule is CC(C)OP(=O)(OC(C)C)C(C(=S)Nc1cc2ccccc2s1)P(=O)(OC(C)C)OC(C)C. The number of thiocarbonyl (C=S) groups is 1. The first kappa shape index (κ1) is 28.6. The van der Waals surface area contributed by atoms with E-state index in [1.165, 1.54) is 11.3 Å². The molecule has 1 N–H and O–H groups in total. The summed E-state index contributed by atoms with van der Waals surface area (Å²) in [6.45, 7) is 13.8. The van der Waals surface area contributed by atoms with Crippen molar-refractivity contribution in [1.82, 2.24) is 0 Å². The van der Waals surface area contributed by atoms with Gasteiger partial charge in [-0.1, -0.05) is 30.4 Å². The molecule has 1 aromatic carbocycles. The summed E-state index contributed by atoms with van der Waals surface area (Å²) in [5.41, 5.74) is 0. The lowest BCUT2D eigenvalue weighted by atomic mass is 10.3. The number of anilines is 1. The van der Waals surface area contributed by atoms with E-state index in [-0.39, 0.29) is 4.99 Å². The highest BCUT2D eigenvalue weighted by molar-refractivity contribution is 7.85. The van der Waals surface area contributed by atoms with Crippen molar-refractivity contribution < 1.29 is 27.2 Å². The van der Waals surface area contributed by atoms with Crippen LogP contribution < -0.4 is 5.32 Å². The predicted octanol–water partition coefficient (Wildman–Crippen LogP) is 8.05. The maximum atomic E-state index is 14.2. The molecule has 7 nitrogen and oxygen atoms in total. The number of hydrogen-bond acceptors (Lipinski definition) is 8. The summed E-state index contributed by atoms with van der Waals surface area (Å²) in [4.78, 5) is 0.0239. The summed E-state index contributed by atoms with van der Waals surface area (Å²) in [6, 6.07) is 9.81. The molecule has 0 atom stereocenters. The van der Waals surface area contributed by atoms with Crippen LogP contribution in [-0.2, 0) is 27.2 Å². The van der Waals surface area contributed by atoms with Crippen molar-refractivity contribution in [2.75, 3.05) is 5.32 Å². The first-order valence-corrected chi connectivity index (χ1v) is 15.4. The summed E-state index contributed by atoms with van der Waals surface area (Å²) < 4.78 is 52.8. The molecule has 0 amide bonds. The summed E-state index contributed by atoms with van der Waals surface area (Å²) in [6.07, 6.45) is -1.90. The molecule has 0 spiro atoms. The van der Waals surface area contributed by atoms with Gasteiger partial charge in [0, 0.05) is 4.70 Å². The van der Waals surface area contributed by atoms with Gasteiger partial charge >= 0.3 is 15.2 Å². The monoisotopic (exact) mass is 535 g/mol. The Kier molecular flexibility index (Phi) is 10.3. The van der Waals surface area contributed by atoms with Gasteiger partial charge in [0.05, 0.1) is 29.4 Å². The van der Waals surface area contributed by atoms with Gasteiger partial charge in [0.2, 0.25) is 5.40 Å². The van der Waals surface area contributed by atoms with Gasteiger partial charge in [-0.05, 0) is 72.9 Å². The van der Waals surface area contributed by atoms with Crippen molar-refractivity contribution in [1.29, 1.82) is 0 Å². The minimum absolute atomic E-state index is 0.0239. The molecule has 0 aliphatic carbocycles. The molecule has 2 rings (SSSR count). The molecule has 1 aromatic heterocycles. The van der Waals surface area contributed by atoms with Crippen molar-refractivity contribution in [3.05, 3.63) is 30.3 Å². The van der Waals surface area contributed by atoms with Gasteiger partial charge in [-0.15, -0.1) is 11.3 Å². The van der Waals surface area contributed by atoms with Crippen LogP contribution in [0.2, 0.25) is 0 Å². The second kappa shape index (κ2) is 11.9. The molecule has 0 aliphatic rings. The minimum atomic E-state index is -4.12. The molecule has 0 unspecified atom stereocenters. The maximum Gasteiger partial charge on any atom is 0.353 e. The van der Waals surface area contributed by atoms with Gasteiger partial charge in [0.25, 0.3) is 0 Å². The summed E-state index contributed by atoms with van der Waals surface area (Å²) in [5.74, 6) is 0. The second-order valence-corrected chi connectivity index (χ2v) is 14.7. The number of hydrogen-bond donors (Lipinski definition) is 1. The van der Waals surface area contributed by atoms with Crippen LogP contribution in [0.25, 0.3) is 10.1 Å². The van der Waals surface area contributed by atoms with E-state index in [1.807, 2.05) is 30.3 Å². The Morgan fingerprint density at radius 1 is 0.818 bits per heavy atom. The topological polar surface area (TPSA) is 83.1 Å². The average Bonchev–Trinajstić information content (AvgIpc) is 2.99. The Bertz CT molecular complexity index is 938. The van der Waals surface area contributed by atoms with E-state index in [0.29, 0.717) is 5.00 Å². The Morgan fingerprint density at radius 2 is 1.24 bits per heavy atom. The van der Waals surface area contributed by atoms with Crippen LogP contribution in [-0.4, -0.2) is 34.8 Å². The highest BCUT2D eigenvalue weighted by Crippen LogP contribution is 2.72. The first-order chi connectivity index (χ1) is 15.3. The largest absolute Gasteiger partial charge is 0.353 e. The summed E-state index contributed by atoms with van der Waals surface area (Å²) >= 11 is 7.18. The molecule has 0 saturated heterocycles. The Morgan fingerprint density at radius 3 is 1.64 bits per heavy atom. The zero-order valence-corrected chi connectivity index (χ0v) is 23.9. The van der Waals surface area contributed by atoms with E-state index in [9.17, 15) is 9.13 Å². The lowest BCUT2D eigenvalue weighted by molar-refractivity contribution is 0.127. The van der Waals surface area contributed by atoms with Crippen molar-refractivity contribution in [3.8, 4) is 0 Å². The fourth-order valence-electron chi connectivity index (χ4n) is 3.15. The van der Waals surface area contributed by atoms with E-state index < -0.39 is 45.0 Å². The number of nitrogens with one attached hydrogen (secondary N) is 1. The van der Waals surface area contributed by atoms with Crippen molar-refractivity contribution in [2.45, 2.75) is 85.2 Å². The first-order valence-electron chi connectivity index (χ1n) is 11.0. The van der Waals surface area contributed by atoms with E-state index in [2.05, 4.69) is 5.32 Å². The molecule has 0 aliphatic heterocycles. The highest BCUT2D eigenvalue weighted by Gasteiger charge is 2.55. The van der Waals surface area contributed by atoms with Crippen molar-refractivity contribution >= 4 is 58.8 Å². The molecule has 0 fully saturated rings. The summed E-state index contributed by atoms with van der Waals surface area (Å²) in [7, 11) is -8.23. The molecule has 33 heavy (non-hydrogen) atoms. The Balaban J connectivity index is 2.60. The molecule has 1 heterocycles. The van der Waals surface area contributed by atoms with Crippen LogP contribution >= 0.6 is 38.7 Å². The van der Waals surface area contributed by atoms with Gasteiger partial charge in [0.15, 0.2) is 0 Å². The Hall–Kier alpha value is -0.630. The van der Waals surface area contributed by atoms with Crippen LogP contribution in [0, 0.1) is 0 Å². The molecule has 0 bridgehead atoms. The van der Waals surface area contributed by atoms with Gasteiger partial charge in [0.1, 0.15) is 4.99 Å². The number of benzene rings is 1. The third kappa shape index (κ3) is 7.94. The van der Waals surface area contributed by atoms with Crippen molar-refractivity contribution in [3.63, 3.8) is 0 Å². The molecule has 0 radical (unpaired) electrons. The molecule has 2 aromatic rings.